The van der Waals surface area contributed by atoms with Crippen LogP contribution in [0.2, 0.25) is 0 Å². The fourth-order valence-electron chi connectivity index (χ4n) is 2.27. The molecule has 0 aromatic heterocycles. The third-order valence-corrected chi connectivity index (χ3v) is 4.04. The third kappa shape index (κ3) is 3.34. The van der Waals surface area contributed by atoms with Crippen LogP contribution in [0.5, 0.6) is 0 Å². The fraction of sp³-hybridized carbons (Fsp3) is 0.235. The first-order valence-corrected chi connectivity index (χ1v) is 7.54. The van der Waals surface area contributed by atoms with Crippen molar-refractivity contribution in [3.05, 3.63) is 63.6 Å². The fourth-order valence-corrected chi connectivity index (χ4v) is 2.95. The van der Waals surface area contributed by atoms with Crippen molar-refractivity contribution in [2.75, 3.05) is 5.32 Å². The molecule has 0 aliphatic heterocycles. The Morgan fingerprint density at radius 3 is 2.19 bits per heavy atom. The van der Waals surface area contributed by atoms with Gasteiger partial charge in [0.1, 0.15) is 5.54 Å². The van der Waals surface area contributed by atoms with Crippen LogP contribution in [-0.4, -0.2) is 5.91 Å². The number of nitrogens with two attached hydrogens (primary N) is 1. The summed E-state index contributed by atoms with van der Waals surface area (Å²) >= 11 is 3.45. The molecule has 0 radical (unpaired) electrons. The summed E-state index contributed by atoms with van der Waals surface area (Å²) in [6.07, 6.45) is 0. The number of hydrogen-bond acceptors (Lipinski definition) is 2. The molecule has 0 fully saturated rings. The van der Waals surface area contributed by atoms with Crippen LogP contribution in [0, 0.1) is 13.8 Å². The number of nitrogens with one attached hydrogen (secondary N) is 1. The minimum atomic E-state index is -1.08. The molecule has 0 heterocycles. The quantitative estimate of drug-likeness (QED) is 0.885. The van der Waals surface area contributed by atoms with E-state index in [1.807, 2.05) is 56.3 Å². The summed E-state index contributed by atoms with van der Waals surface area (Å²) in [5.74, 6) is -0.220. The number of halogens is 1. The monoisotopic (exact) mass is 346 g/mol. The van der Waals surface area contributed by atoms with Crippen LogP contribution in [0.25, 0.3) is 0 Å². The van der Waals surface area contributed by atoms with Crippen molar-refractivity contribution < 1.29 is 4.79 Å². The van der Waals surface area contributed by atoms with E-state index in [-0.39, 0.29) is 5.91 Å². The first-order valence-electron chi connectivity index (χ1n) is 6.75. The van der Waals surface area contributed by atoms with Gasteiger partial charge in [-0.1, -0.05) is 46.3 Å². The van der Waals surface area contributed by atoms with Gasteiger partial charge in [0.15, 0.2) is 0 Å². The Morgan fingerprint density at radius 1 is 1.14 bits per heavy atom. The van der Waals surface area contributed by atoms with Gasteiger partial charge in [0.05, 0.1) is 0 Å². The van der Waals surface area contributed by atoms with Crippen molar-refractivity contribution in [1.29, 1.82) is 0 Å². The van der Waals surface area contributed by atoms with Crippen LogP contribution >= 0.6 is 15.9 Å². The second-order valence-electron chi connectivity index (χ2n) is 5.44. The van der Waals surface area contributed by atoms with Crippen LogP contribution < -0.4 is 11.1 Å². The standard InChI is InChI=1S/C17H19BrN2O/c1-11-9-14(18)10-12(2)15(11)20-16(21)17(3,19)13-7-5-4-6-8-13/h4-10H,19H2,1-3H3,(H,20,21). The highest BCUT2D eigenvalue weighted by molar-refractivity contribution is 9.10. The Morgan fingerprint density at radius 2 is 1.67 bits per heavy atom. The molecule has 1 amide bonds. The second-order valence-corrected chi connectivity index (χ2v) is 6.35. The lowest BCUT2D eigenvalue weighted by Crippen LogP contribution is -2.45. The lowest BCUT2D eigenvalue weighted by molar-refractivity contribution is -0.120. The minimum absolute atomic E-state index is 0.220. The first-order chi connectivity index (χ1) is 9.82. The maximum Gasteiger partial charge on any atom is 0.248 e. The highest BCUT2D eigenvalue weighted by Crippen LogP contribution is 2.27. The first kappa shape index (κ1) is 15.7. The molecule has 4 heteroatoms. The van der Waals surface area contributed by atoms with E-state index in [9.17, 15) is 4.79 Å². The van der Waals surface area contributed by atoms with Crippen molar-refractivity contribution in [2.45, 2.75) is 26.3 Å². The van der Waals surface area contributed by atoms with Gasteiger partial charge >= 0.3 is 0 Å². The van der Waals surface area contributed by atoms with E-state index in [0.717, 1.165) is 26.9 Å². The molecule has 2 aromatic rings. The molecular weight excluding hydrogens is 328 g/mol. The Bertz CT molecular complexity index is 643. The lowest BCUT2D eigenvalue weighted by atomic mass is 9.92. The zero-order chi connectivity index (χ0) is 15.6. The smallest absolute Gasteiger partial charge is 0.248 e. The Labute approximate surface area is 133 Å². The van der Waals surface area contributed by atoms with E-state index in [1.165, 1.54) is 0 Å². The van der Waals surface area contributed by atoms with E-state index < -0.39 is 5.54 Å². The number of amides is 1. The van der Waals surface area contributed by atoms with Crippen LogP contribution in [0.1, 0.15) is 23.6 Å². The number of carbonyl (C=O) groups excluding carboxylic acids is 1. The number of aryl methyl sites for hydroxylation is 2. The molecule has 1 unspecified atom stereocenters. The van der Waals surface area contributed by atoms with Crippen molar-refractivity contribution >= 4 is 27.5 Å². The number of anilines is 1. The molecule has 1 atom stereocenters. The summed E-state index contributed by atoms with van der Waals surface area (Å²) in [6.45, 7) is 5.65. The maximum atomic E-state index is 12.6. The summed E-state index contributed by atoms with van der Waals surface area (Å²) in [7, 11) is 0. The van der Waals surface area contributed by atoms with Crippen molar-refractivity contribution in [3.63, 3.8) is 0 Å². The topological polar surface area (TPSA) is 55.1 Å². The van der Waals surface area contributed by atoms with Gasteiger partial charge in [-0.25, -0.2) is 0 Å². The summed E-state index contributed by atoms with van der Waals surface area (Å²) in [5.41, 5.74) is 8.76. The zero-order valence-corrected chi connectivity index (χ0v) is 14.0. The summed E-state index contributed by atoms with van der Waals surface area (Å²) in [6, 6.07) is 13.3. The predicted octanol–water partition coefficient (Wildman–Crippen LogP) is 3.88. The second kappa shape index (κ2) is 6.00. The number of rotatable bonds is 3. The molecule has 0 saturated heterocycles. The van der Waals surface area contributed by atoms with E-state index in [4.69, 9.17) is 5.73 Å². The van der Waals surface area contributed by atoms with E-state index in [0.29, 0.717) is 0 Å². The summed E-state index contributed by atoms with van der Waals surface area (Å²) in [4.78, 5) is 12.6. The maximum absolute atomic E-state index is 12.6. The highest BCUT2D eigenvalue weighted by Gasteiger charge is 2.30. The Kier molecular flexibility index (Phi) is 4.49. The largest absolute Gasteiger partial charge is 0.324 e. The molecule has 110 valence electrons. The Balaban J connectivity index is 2.30. The van der Waals surface area contributed by atoms with E-state index in [1.54, 1.807) is 6.92 Å². The van der Waals surface area contributed by atoms with Gasteiger partial charge in [-0.3, -0.25) is 4.79 Å². The number of benzene rings is 2. The molecule has 0 aliphatic carbocycles. The summed E-state index contributed by atoms with van der Waals surface area (Å²) in [5, 5.41) is 2.96. The highest BCUT2D eigenvalue weighted by atomic mass is 79.9. The van der Waals surface area contributed by atoms with Crippen molar-refractivity contribution in [2.24, 2.45) is 5.73 Å². The van der Waals surface area contributed by atoms with Crippen LogP contribution in [-0.2, 0) is 10.3 Å². The summed E-state index contributed by atoms with van der Waals surface area (Å²) < 4.78 is 0.995. The van der Waals surface area contributed by atoms with E-state index in [2.05, 4.69) is 21.2 Å². The van der Waals surface area contributed by atoms with Gasteiger partial charge in [0.2, 0.25) is 5.91 Å². The van der Waals surface area contributed by atoms with Gasteiger partial charge in [0.25, 0.3) is 0 Å². The number of hydrogen-bond donors (Lipinski definition) is 2. The molecule has 3 nitrogen and oxygen atoms in total. The van der Waals surface area contributed by atoms with Gasteiger partial charge < -0.3 is 11.1 Å². The van der Waals surface area contributed by atoms with Gasteiger partial charge in [-0.2, -0.15) is 0 Å². The molecule has 3 N–H and O–H groups in total. The van der Waals surface area contributed by atoms with Crippen LogP contribution in [0.15, 0.2) is 46.9 Å². The number of carbonyl (C=O) groups is 1. The zero-order valence-electron chi connectivity index (χ0n) is 12.4. The molecule has 21 heavy (non-hydrogen) atoms. The molecule has 2 rings (SSSR count). The van der Waals surface area contributed by atoms with Crippen LogP contribution in [0.4, 0.5) is 5.69 Å². The predicted molar refractivity (Wildman–Crippen MR) is 90.2 cm³/mol. The van der Waals surface area contributed by atoms with Crippen molar-refractivity contribution in [1.82, 2.24) is 0 Å². The third-order valence-electron chi connectivity index (χ3n) is 3.58. The average molecular weight is 347 g/mol. The molecule has 0 bridgehead atoms. The molecule has 0 aliphatic rings. The molecule has 0 saturated carbocycles. The van der Waals surface area contributed by atoms with Gasteiger partial charge in [0, 0.05) is 10.2 Å². The normalized spacial score (nSPS) is 13.6. The molecule has 0 spiro atoms. The van der Waals surface area contributed by atoms with Crippen LogP contribution in [0.3, 0.4) is 0 Å². The molecule has 2 aromatic carbocycles. The Hall–Kier alpha value is -1.65. The van der Waals surface area contributed by atoms with Gasteiger partial charge in [-0.15, -0.1) is 0 Å². The minimum Gasteiger partial charge on any atom is -0.324 e. The lowest BCUT2D eigenvalue weighted by Gasteiger charge is -2.25. The van der Waals surface area contributed by atoms with Crippen molar-refractivity contribution in [3.8, 4) is 0 Å². The van der Waals surface area contributed by atoms with E-state index >= 15 is 0 Å². The SMILES string of the molecule is Cc1cc(Br)cc(C)c1NC(=O)C(C)(N)c1ccccc1. The molecular formula is C17H19BrN2O. The average Bonchev–Trinajstić information content (AvgIpc) is 2.43. The van der Waals surface area contributed by atoms with Gasteiger partial charge in [-0.05, 0) is 49.6 Å².